The number of nitrogens with two attached hydrogens (primary N) is 1. The van der Waals surface area contributed by atoms with Gasteiger partial charge in [0, 0.05) is 5.75 Å². The van der Waals surface area contributed by atoms with E-state index in [-0.39, 0.29) is 12.4 Å². The first kappa shape index (κ1) is 19.9. The van der Waals surface area contributed by atoms with Gasteiger partial charge in [0.1, 0.15) is 24.6 Å². The fraction of sp³-hybridized carbons (Fsp3) is 0.353. The highest BCUT2D eigenvalue weighted by atomic mass is 32.2. The van der Waals surface area contributed by atoms with Gasteiger partial charge in [0.25, 0.3) is 0 Å². The Morgan fingerprint density at radius 2 is 2.10 bits per heavy atom. The van der Waals surface area contributed by atoms with Gasteiger partial charge in [-0.1, -0.05) is 42.1 Å². The van der Waals surface area contributed by atoms with E-state index >= 15 is 0 Å². The fourth-order valence-corrected chi connectivity index (χ4v) is 5.45. The number of aromatic nitrogens is 4. The Labute approximate surface area is 174 Å². The second-order valence-corrected chi connectivity index (χ2v) is 9.21. The number of aliphatic hydroxyl groups excluding tert-OH is 1. The van der Waals surface area contributed by atoms with Gasteiger partial charge >= 0.3 is 7.82 Å². The minimum atomic E-state index is -4.23. The quantitative estimate of drug-likeness (QED) is 0.390. The highest BCUT2D eigenvalue weighted by molar-refractivity contribution is 7.98. The fourth-order valence-electron chi connectivity index (χ4n) is 3.51. The lowest BCUT2D eigenvalue weighted by Gasteiger charge is -2.27. The van der Waals surface area contributed by atoms with E-state index in [2.05, 4.69) is 15.0 Å². The van der Waals surface area contributed by atoms with Gasteiger partial charge in [0.05, 0.1) is 6.61 Å². The summed E-state index contributed by atoms with van der Waals surface area (Å²) in [4.78, 5) is 22.4. The minimum absolute atomic E-state index is 0.178. The molecule has 0 spiro atoms. The van der Waals surface area contributed by atoms with Crippen molar-refractivity contribution in [2.45, 2.75) is 35.4 Å². The molecule has 5 rings (SSSR count). The van der Waals surface area contributed by atoms with Crippen LogP contribution in [-0.4, -0.2) is 54.4 Å². The van der Waals surface area contributed by atoms with Gasteiger partial charge in [-0.3, -0.25) is 13.6 Å². The highest BCUT2D eigenvalue weighted by Crippen LogP contribution is 2.53. The number of ether oxygens (including phenoxy) is 1. The van der Waals surface area contributed by atoms with Gasteiger partial charge in [-0.25, -0.2) is 19.5 Å². The summed E-state index contributed by atoms with van der Waals surface area (Å²) in [6, 6.07) is 9.82. The zero-order chi connectivity index (χ0) is 20.9. The van der Waals surface area contributed by atoms with Gasteiger partial charge in [-0.2, -0.15) is 0 Å². The van der Waals surface area contributed by atoms with Gasteiger partial charge in [0.2, 0.25) is 0 Å². The summed E-state index contributed by atoms with van der Waals surface area (Å²) in [5, 5.41) is 11.4. The van der Waals surface area contributed by atoms with Gasteiger partial charge in [0.15, 0.2) is 28.4 Å². The van der Waals surface area contributed by atoms with Crippen LogP contribution in [0.1, 0.15) is 11.8 Å². The van der Waals surface area contributed by atoms with Crippen molar-refractivity contribution >= 4 is 36.6 Å². The Balaban J connectivity index is 1.53. The second-order valence-electron chi connectivity index (χ2n) is 6.86. The van der Waals surface area contributed by atoms with Crippen molar-refractivity contribution in [2.75, 3.05) is 12.3 Å². The molecule has 2 fully saturated rings. The first-order valence-electron chi connectivity index (χ1n) is 9.07. The van der Waals surface area contributed by atoms with Crippen LogP contribution >= 0.6 is 19.6 Å². The first-order valence-corrected chi connectivity index (χ1v) is 11.6. The minimum Gasteiger partial charge on any atom is -0.386 e. The largest absolute Gasteiger partial charge is 0.472 e. The zero-order valence-corrected chi connectivity index (χ0v) is 17.1. The van der Waals surface area contributed by atoms with Crippen LogP contribution < -0.4 is 5.73 Å². The number of fused-ring (bicyclic) bond motifs is 2. The smallest absolute Gasteiger partial charge is 0.386 e. The number of thioether (sulfide) groups is 1. The molecule has 30 heavy (non-hydrogen) atoms. The van der Waals surface area contributed by atoms with Crippen molar-refractivity contribution in [1.82, 2.24) is 19.5 Å². The SMILES string of the molecule is Nc1ncnc2c1nc(SCc1ccccc1)n2C1OC2COP(=O)(O)OC2C1O. The van der Waals surface area contributed by atoms with E-state index in [0.717, 1.165) is 5.56 Å². The number of hydrogen-bond donors (Lipinski definition) is 3. The topological polar surface area (TPSA) is 155 Å². The molecule has 0 saturated carbocycles. The summed E-state index contributed by atoms with van der Waals surface area (Å²) in [7, 11) is -4.23. The molecule has 5 unspecified atom stereocenters. The maximum absolute atomic E-state index is 11.8. The lowest BCUT2D eigenvalue weighted by Crippen LogP contribution is -2.39. The zero-order valence-electron chi connectivity index (χ0n) is 15.4. The number of benzene rings is 1. The molecule has 2 aliphatic heterocycles. The monoisotopic (exact) mass is 451 g/mol. The molecule has 4 heterocycles. The van der Waals surface area contributed by atoms with Crippen molar-refractivity contribution in [1.29, 1.82) is 0 Å². The van der Waals surface area contributed by atoms with Crippen molar-refractivity contribution in [3.63, 3.8) is 0 Å². The average Bonchev–Trinajstić information content (AvgIpc) is 3.25. The van der Waals surface area contributed by atoms with Crippen LogP contribution in [0.15, 0.2) is 41.8 Å². The summed E-state index contributed by atoms with van der Waals surface area (Å²) >= 11 is 1.42. The Hall–Kier alpha value is -2.05. The van der Waals surface area contributed by atoms with Crippen molar-refractivity contribution in [3.8, 4) is 0 Å². The molecule has 2 aliphatic rings. The lowest BCUT2D eigenvalue weighted by atomic mass is 10.1. The third kappa shape index (κ3) is 3.50. The molecule has 11 nitrogen and oxygen atoms in total. The molecular weight excluding hydrogens is 433 g/mol. The number of rotatable bonds is 4. The summed E-state index contributed by atoms with van der Waals surface area (Å²) < 4.78 is 29.2. The van der Waals surface area contributed by atoms with Gasteiger partial charge in [-0.15, -0.1) is 0 Å². The van der Waals surface area contributed by atoms with Gasteiger partial charge in [-0.05, 0) is 5.56 Å². The molecule has 0 aliphatic carbocycles. The van der Waals surface area contributed by atoms with Crippen LogP contribution in [0.3, 0.4) is 0 Å². The Morgan fingerprint density at radius 1 is 1.30 bits per heavy atom. The summed E-state index contributed by atoms with van der Waals surface area (Å²) in [5.41, 5.74) is 7.82. The average molecular weight is 451 g/mol. The Morgan fingerprint density at radius 3 is 2.90 bits per heavy atom. The molecule has 158 valence electrons. The molecule has 3 aromatic rings. The number of anilines is 1. The van der Waals surface area contributed by atoms with E-state index in [9.17, 15) is 14.6 Å². The predicted molar refractivity (Wildman–Crippen MR) is 106 cm³/mol. The molecule has 13 heteroatoms. The molecule has 0 radical (unpaired) electrons. The molecule has 5 atom stereocenters. The molecule has 4 N–H and O–H groups in total. The molecule has 1 aromatic carbocycles. The lowest BCUT2D eigenvalue weighted by molar-refractivity contribution is -0.0684. The second kappa shape index (κ2) is 7.57. The Bertz CT molecular complexity index is 1130. The standard InChI is InChI=1S/C17H18N5O6PS/c18-14-11-15(20-8-19-14)22(17(21-11)30-7-9-4-2-1-3-5-9)16-12(23)13-10(27-16)6-26-29(24,25)28-13/h1-5,8,10,12-13,16,23H,6-7H2,(H,24,25)(H2,18,19,20). The van der Waals surface area contributed by atoms with E-state index in [4.69, 9.17) is 19.5 Å². The summed E-state index contributed by atoms with van der Waals surface area (Å²) in [6.45, 7) is -0.178. The number of nitrogen functional groups attached to an aromatic ring is 1. The molecule has 2 saturated heterocycles. The summed E-state index contributed by atoms with van der Waals surface area (Å²) in [6.07, 6.45) is -2.65. The number of hydrogen-bond acceptors (Lipinski definition) is 10. The number of nitrogens with zero attached hydrogens (tertiary/aromatic N) is 4. The van der Waals surface area contributed by atoms with Crippen molar-refractivity contribution < 1.29 is 28.3 Å². The maximum Gasteiger partial charge on any atom is 0.472 e. The van der Waals surface area contributed by atoms with E-state index in [1.165, 1.54) is 18.1 Å². The maximum atomic E-state index is 11.8. The number of aliphatic hydroxyl groups is 1. The summed E-state index contributed by atoms with van der Waals surface area (Å²) in [5.74, 6) is 0.808. The van der Waals surface area contributed by atoms with Crippen molar-refractivity contribution in [2.24, 2.45) is 0 Å². The highest BCUT2D eigenvalue weighted by Gasteiger charge is 2.53. The number of imidazole rings is 1. The van der Waals surface area contributed by atoms with Crippen LogP contribution in [0.2, 0.25) is 0 Å². The van der Waals surface area contributed by atoms with Crippen molar-refractivity contribution in [3.05, 3.63) is 42.2 Å². The molecule has 0 amide bonds. The van der Waals surface area contributed by atoms with Crippen LogP contribution in [0.25, 0.3) is 11.2 Å². The van der Waals surface area contributed by atoms with Crippen LogP contribution in [0, 0.1) is 0 Å². The third-order valence-electron chi connectivity index (χ3n) is 4.90. The van der Waals surface area contributed by atoms with E-state index in [0.29, 0.717) is 22.1 Å². The Kier molecular flexibility index (Phi) is 5.02. The van der Waals surface area contributed by atoms with Crippen LogP contribution in [-0.2, 0) is 24.1 Å². The van der Waals surface area contributed by atoms with E-state index < -0.39 is 32.4 Å². The number of phosphoric ester groups is 1. The predicted octanol–water partition coefficient (Wildman–Crippen LogP) is 1.47. The molecule has 2 aromatic heterocycles. The van der Waals surface area contributed by atoms with Gasteiger partial charge < -0.3 is 20.5 Å². The molecular formula is C17H18N5O6PS. The van der Waals surface area contributed by atoms with E-state index in [1.54, 1.807) is 4.57 Å². The van der Waals surface area contributed by atoms with Crippen LogP contribution in [0.4, 0.5) is 5.82 Å². The number of phosphoric acid groups is 1. The normalized spacial score (nSPS) is 31.1. The first-order chi connectivity index (χ1) is 14.4. The molecule has 0 bridgehead atoms. The van der Waals surface area contributed by atoms with Crippen LogP contribution in [0.5, 0.6) is 0 Å². The third-order valence-corrected chi connectivity index (χ3v) is 6.91. The van der Waals surface area contributed by atoms with E-state index in [1.807, 2.05) is 30.3 Å².